The van der Waals surface area contributed by atoms with Crippen LogP contribution in [0.3, 0.4) is 0 Å². The number of nitrogens with zero attached hydrogens (tertiary/aromatic N) is 4. The van der Waals surface area contributed by atoms with E-state index < -0.39 is 0 Å². The van der Waals surface area contributed by atoms with Crippen molar-refractivity contribution in [3.05, 3.63) is 29.8 Å². The molecule has 2 aromatic rings. The molecule has 5 nitrogen and oxygen atoms in total. The standard InChI is InChI=1S/C11H14N4OS/c1-9-5-3-4-6-10(9)16-7-8-17-11-12-13-14-15(11)2/h3-6H,7-8H2,1-2H3. The van der Waals surface area contributed by atoms with E-state index >= 15 is 0 Å². The van der Waals surface area contributed by atoms with E-state index in [4.69, 9.17) is 4.74 Å². The minimum absolute atomic E-state index is 0.641. The summed E-state index contributed by atoms with van der Waals surface area (Å²) in [7, 11) is 1.82. The number of thioether (sulfide) groups is 1. The van der Waals surface area contributed by atoms with Crippen molar-refractivity contribution in [2.24, 2.45) is 7.05 Å². The highest BCUT2D eigenvalue weighted by atomic mass is 32.2. The topological polar surface area (TPSA) is 52.8 Å². The van der Waals surface area contributed by atoms with Gasteiger partial charge in [-0.05, 0) is 29.0 Å². The van der Waals surface area contributed by atoms with Gasteiger partial charge in [-0.3, -0.25) is 0 Å². The number of aryl methyl sites for hydroxylation is 2. The number of para-hydroxylation sites is 1. The first-order valence-corrected chi connectivity index (χ1v) is 6.29. The average Bonchev–Trinajstić information content (AvgIpc) is 2.73. The van der Waals surface area contributed by atoms with Gasteiger partial charge in [0.15, 0.2) is 0 Å². The summed E-state index contributed by atoms with van der Waals surface area (Å²) >= 11 is 1.58. The Morgan fingerprint density at radius 1 is 1.35 bits per heavy atom. The van der Waals surface area contributed by atoms with Crippen LogP contribution < -0.4 is 4.74 Å². The second-order valence-corrected chi connectivity index (χ2v) is 4.61. The Balaban J connectivity index is 1.77. The number of hydrogen-bond donors (Lipinski definition) is 0. The molecule has 90 valence electrons. The maximum Gasteiger partial charge on any atom is 0.209 e. The normalized spacial score (nSPS) is 10.5. The van der Waals surface area contributed by atoms with Crippen LogP contribution in [0.25, 0.3) is 0 Å². The van der Waals surface area contributed by atoms with Crippen molar-refractivity contribution >= 4 is 11.8 Å². The van der Waals surface area contributed by atoms with Crippen molar-refractivity contribution in [2.45, 2.75) is 12.1 Å². The predicted octanol–water partition coefficient (Wildman–Crippen LogP) is 1.69. The first-order valence-electron chi connectivity index (χ1n) is 5.31. The van der Waals surface area contributed by atoms with Crippen LogP contribution in [-0.4, -0.2) is 32.6 Å². The summed E-state index contributed by atoms with van der Waals surface area (Å²) in [6.07, 6.45) is 0. The number of aromatic nitrogens is 4. The van der Waals surface area contributed by atoms with Crippen LogP contribution in [-0.2, 0) is 7.05 Å². The quantitative estimate of drug-likeness (QED) is 0.597. The smallest absolute Gasteiger partial charge is 0.209 e. The highest BCUT2D eigenvalue weighted by Crippen LogP contribution is 2.17. The zero-order valence-corrected chi connectivity index (χ0v) is 10.6. The van der Waals surface area contributed by atoms with Crippen molar-refractivity contribution in [3.63, 3.8) is 0 Å². The molecule has 0 aliphatic rings. The molecule has 17 heavy (non-hydrogen) atoms. The lowest BCUT2D eigenvalue weighted by Crippen LogP contribution is -2.02. The summed E-state index contributed by atoms with van der Waals surface area (Å²) in [5.74, 6) is 1.76. The summed E-state index contributed by atoms with van der Waals surface area (Å²) < 4.78 is 7.33. The Hall–Kier alpha value is -1.56. The van der Waals surface area contributed by atoms with E-state index in [0.717, 1.165) is 22.2 Å². The van der Waals surface area contributed by atoms with Gasteiger partial charge in [-0.1, -0.05) is 30.0 Å². The zero-order chi connectivity index (χ0) is 12.1. The van der Waals surface area contributed by atoms with Crippen LogP contribution in [0.5, 0.6) is 5.75 Å². The lowest BCUT2D eigenvalue weighted by molar-refractivity contribution is 0.341. The third kappa shape index (κ3) is 3.20. The number of hydrogen-bond acceptors (Lipinski definition) is 5. The molecule has 0 bridgehead atoms. The minimum atomic E-state index is 0.641. The van der Waals surface area contributed by atoms with Crippen LogP contribution in [0.1, 0.15) is 5.56 Å². The van der Waals surface area contributed by atoms with E-state index in [0.29, 0.717) is 6.61 Å². The first-order chi connectivity index (χ1) is 8.27. The van der Waals surface area contributed by atoms with Gasteiger partial charge in [-0.25, -0.2) is 4.68 Å². The van der Waals surface area contributed by atoms with Gasteiger partial charge >= 0.3 is 0 Å². The number of tetrazole rings is 1. The Labute approximate surface area is 104 Å². The van der Waals surface area contributed by atoms with Crippen LogP contribution in [0.15, 0.2) is 29.4 Å². The fourth-order valence-electron chi connectivity index (χ4n) is 1.35. The molecule has 0 fully saturated rings. The van der Waals surface area contributed by atoms with Gasteiger partial charge in [0.1, 0.15) is 5.75 Å². The van der Waals surface area contributed by atoms with Crippen molar-refractivity contribution in [1.82, 2.24) is 20.2 Å². The third-order valence-corrected chi connectivity index (χ3v) is 3.22. The summed E-state index contributed by atoms with van der Waals surface area (Å²) in [4.78, 5) is 0. The van der Waals surface area contributed by atoms with Gasteiger partial charge in [0.05, 0.1) is 6.61 Å². The molecule has 0 saturated carbocycles. The average molecular weight is 250 g/mol. The van der Waals surface area contributed by atoms with E-state index in [2.05, 4.69) is 15.5 Å². The second-order valence-electron chi connectivity index (χ2n) is 3.55. The van der Waals surface area contributed by atoms with Gasteiger partial charge in [0, 0.05) is 12.8 Å². The van der Waals surface area contributed by atoms with E-state index in [1.54, 1.807) is 16.4 Å². The number of ether oxygens (including phenoxy) is 1. The predicted molar refractivity (Wildman–Crippen MR) is 66.2 cm³/mol. The first kappa shape index (κ1) is 11.9. The Bertz CT molecular complexity index is 486. The maximum atomic E-state index is 5.68. The van der Waals surface area contributed by atoms with Gasteiger partial charge in [0.25, 0.3) is 0 Å². The molecule has 0 N–H and O–H groups in total. The van der Waals surface area contributed by atoms with Crippen LogP contribution in [0.2, 0.25) is 0 Å². The SMILES string of the molecule is Cc1ccccc1OCCSc1nnnn1C. The molecule has 0 aliphatic carbocycles. The van der Waals surface area contributed by atoms with E-state index in [1.807, 2.05) is 38.2 Å². The minimum Gasteiger partial charge on any atom is -0.492 e. The second kappa shape index (κ2) is 5.67. The summed E-state index contributed by atoms with van der Waals surface area (Å²) in [6, 6.07) is 7.99. The largest absolute Gasteiger partial charge is 0.492 e. The summed E-state index contributed by atoms with van der Waals surface area (Å²) in [5, 5.41) is 12.0. The number of benzene rings is 1. The van der Waals surface area contributed by atoms with Crippen molar-refractivity contribution < 1.29 is 4.74 Å². The van der Waals surface area contributed by atoms with Crippen molar-refractivity contribution in [3.8, 4) is 5.75 Å². The van der Waals surface area contributed by atoms with Crippen molar-refractivity contribution in [2.75, 3.05) is 12.4 Å². The molecule has 1 aromatic carbocycles. The molecule has 0 saturated heterocycles. The van der Waals surface area contributed by atoms with Crippen molar-refractivity contribution in [1.29, 1.82) is 0 Å². The maximum absolute atomic E-state index is 5.68. The highest BCUT2D eigenvalue weighted by Gasteiger charge is 2.03. The Kier molecular flexibility index (Phi) is 3.98. The molecular weight excluding hydrogens is 236 g/mol. The molecule has 0 atom stereocenters. The Morgan fingerprint density at radius 3 is 2.88 bits per heavy atom. The van der Waals surface area contributed by atoms with E-state index in [9.17, 15) is 0 Å². The van der Waals surface area contributed by atoms with Crippen LogP contribution in [0.4, 0.5) is 0 Å². The third-order valence-electron chi connectivity index (χ3n) is 2.25. The van der Waals surface area contributed by atoms with E-state index in [-0.39, 0.29) is 0 Å². The molecule has 0 radical (unpaired) electrons. The monoisotopic (exact) mass is 250 g/mol. The lowest BCUT2D eigenvalue weighted by Gasteiger charge is -2.07. The molecule has 0 aliphatic heterocycles. The van der Waals surface area contributed by atoms with Gasteiger partial charge in [-0.15, -0.1) is 5.10 Å². The lowest BCUT2D eigenvalue weighted by atomic mass is 10.2. The van der Waals surface area contributed by atoms with Gasteiger partial charge in [-0.2, -0.15) is 0 Å². The van der Waals surface area contributed by atoms with Crippen LogP contribution in [0, 0.1) is 6.92 Å². The number of rotatable bonds is 5. The summed E-state index contributed by atoms with van der Waals surface area (Å²) in [6.45, 7) is 2.68. The molecule has 0 amide bonds. The fourth-order valence-corrected chi connectivity index (χ4v) is 2.01. The molecule has 2 rings (SSSR count). The molecular formula is C11H14N4OS. The van der Waals surface area contributed by atoms with Gasteiger partial charge in [0.2, 0.25) is 5.16 Å². The molecule has 6 heteroatoms. The molecule has 1 heterocycles. The highest BCUT2D eigenvalue weighted by molar-refractivity contribution is 7.99. The molecule has 0 unspecified atom stereocenters. The van der Waals surface area contributed by atoms with E-state index in [1.165, 1.54) is 0 Å². The molecule has 0 spiro atoms. The zero-order valence-electron chi connectivity index (χ0n) is 9.83. The van der Waals surface area contributed by atoms with Crippen LogP contribution >= 0.6 is 11.8 Å². The Morgan fingerprint density at radius 2 is 2.18 bits per heavy atom. The molecule has 1 aromatic heterocycles. The summed E-state index contributed by atoms with van der Waals surface area (Å²) in [5.41, 5.74) is 1.15. The fraction of sp³-hybridized carbons (Fsp3) is 0.364. The van der Waals surface area contributed by atoms with Gasteiger partial charge < -0.3 is 4.74 Å².